The molecule has 16 nitrogen and oxygen atoms in total. The molecule has 12 N–H and O–H groups in total. The Hall–Kier alpha value is -3.34. The van der Waals surface area contributed by atoms with E-state index in [1.54, 1.807) is 13.8 Å². The first-order valence-corrected chi connectivity index (χ1v) is 19.6. The summed E-state index contributed by atoms with van der Waals surface area (Å²) in [4.78, 5) is 78.3. The van der Waals surface area contributed by atoms with Crippen LogP contribution in [0.3, 0.4) is 0 Å². The number of nitrogens with one attached hydrogen (secondary N) is 5. The van der Waals surface area contributed by atoms with Crippen LogP contribution >= 0.6 is 0 Å². The standard InChI is InChI=1S/C37H71N7O9/c1-6-9-11-13-14-15-16-17-19-26(22-45)40-35(51)29(21-30(39)48)42-34(50)28(20-18-12-10-7-2)41-36(52)31(24(4)8-3)43-37(53)32(25(5)47)44-33(49)27(38)23-46/h24-29,31-32,45-47H,6-23,38H2,1-5H3,(H2,39,48)(H,40,51)(H,41,52)(H,42,50)(H,43,53)(H,44,49)/t24-,25+,26-,27+,28-,29-,31-,32+/m0/s1. The minimum atomic E-state index is -1.50. The van der Waals surface area contributed by atoms with Crippen LogP contribution in [0.4, 0.5) is 0 Å². The average molecular weight is 758 g/mol. The number of amides is 6. The maximum atomic E-state index is 13.8. The molecule has 0 aliphatic carbocycles. The predicted octanol–water partition coefficient (Wildman–Crippen LogP) is 0.526. The third-order valence-corrected chi connectivity index (χ3v) is 9.38. The van der Waals surface area contributed by atoms with Crippen molar-refractivity contribution in [2.45, 2.75) is 180 Å². The fourth-order valence-electron chi connectivity index (χ4n) is 5.72. The predicted molar refractivity (Wildman–Crippen MR) is 203 cm³/mol. The first kappa shape index (κ1) is 49.7. The highest BCUT2D eigenvalue weighted by molar-refractivity contribution is 5.97. The SMILES string of the molecule is CCCCCCCCCC[C@@H](CO)NC(=O)[C@H](CC(N)=O)NC(=O)[C@H](CCCCCC)NC(=O)[C@@H](NC(=O)[C@H](NC(=O)[C@H](N)CO)[C@@H](C)O)[C@@H](C)CC. The molecule has 0 saturated carbocycles. The Labute approximate surface area is 316 Å². The highest BCUT2D eigenvalue weighted by Gasteiger charge is 2.35. The number of hydrogen-bond acceptors (Lipinski definition) is 10. The number of primary amides is 1. The highest BCUT2D eigenvalue weighted by atomic mass is 16.3. The molecule has 0 rings (SSSR count). The molecule has 0 radical (unpaired) electrons. The van der Waals surface area contributed by atoms with Gasteiger partial charge in [-0.1, -0.05) is 111 Å². The fraction of sp³-hybridized carbons (Fsp3) is 0.838. The Kier molecular flexibility index (Phi) is 27.2. The Bertz CT molecular complexity index is 1090. The monoisotopic (exact) mass is 758 g/mol. The zero-order valence-electron chi connectivity index (χ0n) is 32.8. The van der Waals surface area contributed by atoms with Gasteiger partial charge in [-0.3, -0.25) is 28.8 Å². The van der Waals surface area contributed by atoms with E-state index in [9.17, 15) is 44.1 Å². The lowest BCUT2D eigenvalue weighted by Gasteiger charge is -2.30. The van der Waals surface area contributed by atoms with Crippen LogP contribution in [-0.2, 0) is 28.8 Å². The molecule has 0 spiro atoms. The van der Waals surface area contributed by atoms with Crippen molar-refractivity contribution in [1.29, 1.82) is 0 Å². The first-order chi connectivity index (χ1) is 25.2. The molecule has 0 bridgehead atoms. The van der Waals surface area contributed by atoms with Gasteiger partial charge in [0.25, 0.3) is 0 Å². The molecule has 0 unspecified atom stereocenters. The summed E-state index contributed by atoms with van der Waals surface area (Å²) in [6.45, 7) is 7.94. The first-order valence-electron chi connectivity index (χ1n) is 19.6. The minimum Gasteiger partial charge on any atom is -0.394 e. The van der Waals surface area contributed by atoms with Crippen LogP contribution in [-0.4, -0.2) is 106 Å². The zero-order chi connectivity index (χ0) is 40.3. The molecule has 53 heavy (non-hydrogen) atoms. The van der Waals surface area contributed by atoms with Gasteiger partial charge in [0.15, 0.2) is 0 Å². The van der Waals surface area contributed by atoms with Crippen LogP contribution in [0.25, 0.3) is 0 Å². The quantitative estimate of drug-likeness (QED) is 0.0438. The van der Waals surface area contributed by atoms with Crippen molar-refractivity contribution in [3.63, 3.8) is 0 Å². The molecule has 0 aromatic rings. The van der Waals surface area contributed by atoms with Gasteiger partial charge in [0, 0.05) is 0 Å². The molecule has 0 saturated heterocycles. The van der Waals surface area contributed by atoms with Crippen LogP contribution < -0.4 is 38.1 Å². The van der Waals surface area contributed by atoms with Crippen molar-refractivity contribution in [1.82, 2.24) is 26.6 Å². The maximum absolute atomic E-state index is 13.8. The van der Waals surface area contributed by atoms with Gasteiger partial charge >= 0.3 is 0 Å². The molecule has 0 aromatic heterocycles. The Morgan fingerprint density at radius 2 is 1.04 bits per heavy atom. The lowest BCUT2D eigenvalue weighted by atomic mass is 9.96. The third kappa shape index (κ3) is 21.2. The molecule has 0 aliphatic rings. The summed E-state index contributed by atoms with van der Waals surface area (Å²) in [6.07, 6.45) is 11.1. The molecule has 0 aromatic carbocycles. The average Bonchev–Trinajstić information content (AvgIpc) is 3.12. The second-order valence-corrected chi connectivity index (χ2v) is 14.2. The Morgan fingerprint density at radius 3 is 1.55 bits per heavy atom. The Morgan fingerprint density at radius 1 is 0.566 bits per heavy atom. The van der Waals surface area contributed by atoms with Crippen molar-refractivity contribution in [3.05, 3.63) is 0 Å². The molecule has 0 fully saturated rings. The smallest absolute Gasteiger partial charge is 0.245 e. The van der Waals surface area contributed by atoms with Gasteiger partial charge < -0.3 is 53.4 Å². The summed E-state index contributed by atoms with van der Waals surface area (Å²) in [5, 5.41) is 42.2. The van der Waals surface area contributed by atoms with Crippen molar-refractivity contribution in [3.8, 4) is 0 Å². The number of carbonyl (C=O) groups excluding carboxylic acids is 6. The number of nitrogens with two attached hydrogens (primary N) is 2. The molecular weight excluding hydrogens is 686 g/mol. The van der Waals surface area contributed by atoms with Crippen LogP contribution in [0.5, 0.6) is 0 Å². The number of carbonyl (C=O) groups is 6. The van der Waals surface area contributed by atoms with Crippen molar-refractivity contribution in [2.24, 2.45) is 17.4 Å². The van der Waals surface area contributed by atoms with Crippen LogP contribution in [0.2, 0.25) is 0 Å². The molecule has 0 heterocycles. The van der Waals surface area contributed by atoms with E-state index in [0.717, 1.165) is 44.9 Å². The van der Waals surface area contributed by atoms with Gasteiger partial charge in [0.05, 0.1) is 31.8 Å². The molecular formula is C37H71N7O9. The Balaban J connectivity index is 5.91. The lowest BCUT2D eigenvalue weighted by molar-refractivity contribution is -0.137. The van der Waals surface area contributed by atoms with E-state index in [4.69, 9.17) is 11.5 Å². The summed E-state index contributed by atoms with van der Waals surface area (Å²) in [5.74, 6) is -5.20. The minimum absolute atomic E-state index is 0.187. The number of aliphatic hydroxyl groups is 3. The van der Waals surface area contributed by atoms with E-state index in [2.05, 4.69) is 33.5 Å². The van der Waals surface area contributed by atoms with E-state index >= 15 is 0 Å². The fourth-order valence-corrected chi connectivity index (χ4v) is 5.72. The van der Waals surface area contributed by atoms with E-state index in [1.807, 2.05) is 6.92 Å². The topological polar surface area (TPSA) is 275 Å². The van der Waals surface area contributed by atoms with Crippen molar-refractivity contribution < 1.29 is 44.1 Å². The zero-order valence-corrected chi connectivity index (χ0v) is 32.8. The second kappa shape index (κ2) is 29.1. The van der Waals surface area contributed by atoms with Gasteiger partial charge in [0.2, 0.25) is 35.4 Å². The van der Waals surface area contributed by atoms with Gasteiger partial charge in [-0.2, -0.15) is 0 Å². The number of unbranched alkanes of at least 4 members (excludes halogenated alkanes) is 10. The summed E-state index contributed by atoms with van der Waals surface area (Å²) < 4.78 is 0. The van der Waals surface area contributed by atoms with Crippen molar-refractivity contribution in [2.75, 3.05) is 13.2 Å². The summed E-state index contributed by atoms with van der Waals surface area (Å²) in [7, 11) is 0. The van der Waals surface area contributed by atoms with Crippen LogP contribution in [0, 0.1) is 5.92 Å². The highest BCUT2D eigenvalue weighted by Crippen LogP contribution is 2.13. The van der Waals surface area contributed by atoms with Gasteiger partial charge in [0.1, 0.15) is 30.2 Å². The van der Waals surface area contributed by atoms with Crippen molar-refractivity contribution >= 4 is 35.4 Å². The van der Waals surface area contributed by atoms with E-state index in [-0.39, 0.29) is 13.0 Å². The normalized spacial score (nSPS) is 15.8. The number of aliphatic hydroxyl groups excluding tert-OH is 3. The number of rotatable bonds is 31. The van der Waals surface area contributed by atoms with Crippen LogP contribution in [0.15, 0.2) is 0 Å². The molecule has 0 aliphatic heterocycles. The molecule has 6 amide bonds. The molecule has 16 heteroatoms. The lowest BCUT2D eigenvalue weighted by Crippen LogP contribution is -2.62. The van der Waals surface area contributed by atoms with E-state index < -0.39 is 96.7 Å². The number of hydrogen-bond donors (Lipinski definition) is 10. The maximum Gasteiger partial charge on any atom is 0.245 e. The largest absolute Gasteiger partial charge is 0.394 e. The van der Waals surface area contributed by atoms with Crippen LogP contribution in [0.1, 0.15) is 137 Å². The summed E-state index contributed by atoms with van der Waals surface area (Å²) >= 11 is 0. The molecule has 8 atom stereocenters. The van der Waals surface area contributed by atoms with Gasteiger partial charge in [-0.15, -0.1) is 0 Å². The third-order valence-electron chi connectivity index (χ3n) is 9.38. The second-order valence-electron chi connectivity index (χ2n) is 14.2. The van der Waals surface area contributed by atoms with Gasteiger partial charge in [-0.25, -0.2) is 0 Å². The van der Waals surface area contributed by atoms with E-state index in [0.29, 0.717) is 19.3 Å². The summed E-state index contributed by atoms with van der Waals surface area (Å²) in [5.41, 5.74) is 11.0. The van der Waals surface area contributed by atoms with Gasteiger partial charge in [-0.05, 0) is 25.7 Å². The summed E-state index contributed by atoms with van der Waals surface area (Å²) in [6, 6.07) is -7.16. The van der Waals surface area contributed by atoms with E-state index in [1.165, 1.54) is 32.6 Å². The molecule has 308 valence electrons.